The largest absolute Gasteiger partial charge is 0.339 e. The summed E-state index contributed by atoms with van der Waals surface area (Å²) in [6, 6.07) is 8.45. The minimum absolute atomic E-state index is 0.00663. The van der Waals surface area contributed by atoms with Crippen LogP contribution in [-0.2, 0) is 9.59 Å². The molecule has 0 radical (unpaired) electrons. The maximum Gasteiger partial charge on any atom is 0.250 e. The Morgan fingerprint density at radius 1 is 1.05 bits per heavy atom. The van der Waals surface area contributed by atoms with E-state index in [1.54, 1.807) is 4.90 Å². The molecule has 1 fully saturated rings. The number of hydrogen-bond donors (Lipinski definition) is 1. The van der Waals surface area contributed by atoms with Gasteiger partial charge in [0.05, 0.1) is 0 Å². The topological polar surface area (TPSA) is 49.4 Å². The Morgan fingerprint density at radius 2 is 1.65 bits per heavy atom. The summed E-state index contributed by atoms with van der Waals surface area (Å²) in [6.07, 6.45) is 0. The van der Waals surface area contributed by atoms with E-state index in [0.29, 0.717) is 0 Å². The number of hydrogen-bond acceptors (Lipinski definition) is 2. The van der Waals surface area contributed by atoms with Gasteiger partial charge in [-0.3, -0.25) is 9.59 Å². The maximum absolute atomic E-state index is 12.7. The summed E-state index contributed by atoms with van der Waals surface area (Å²) < 4.78 is 0. The van der Waals surface area contributed by atoms with E-state index in [-0.39, 0.29) is 29.8 Å². The van der Waals surface area contributed by atoms with Crippen LogP contribution >= 0.6 is 0 Å². The Balaban J connectivity index is 2.37. The molecular weight excluding hydrogens is 252 g/mol. The molecule has 1 saturated heterocycles. The van der Waals surface area contributed by atoms with Crippen LogP contribution in [0, 0.1) is 5.92 Å². The fourth-order valence-electron chi connectivity index (χ4n) is 2.77. The molecule has 2 rings (SSSR count). The van der Waals surface area contributed by atoms with Crippen molar-refractivity contribution in [3.05, 3.63) is 35.9 Å². The lowest BCUT2D eigenvalue weighted by molar-refractivity contribution is -0.153. The summed E-state index contributed by atoms with van der Waals surface area (Å²) in [6.45, 7) is 7.84. The number of carbonyl (C=O) groups is 2. The fraction of sp³-hybridized carbons (Fsp3) is 0.500. The SMILES string of the molecule is CC(C)C1C(=O)NC(c2ccccc2)C(=O)N1C(C)C. The number of nitrogens with one attached hydrogen (secondary N) is 1. The third-order valence-electron chi connectivity index (χ3n) is 3.68. The molecule has 1 heterocycles. The summed E-state index contributed by atoms with van der Waals surface area (Å²) >= 11 is 0. The van der Waals surface area contributed by atoms with E-state index in [2.05, 4.69) is 5.32 Å². The van der Waals surface area contributed by atoms with E-state index in [9.17, 15) is 9.59 Å². The van der Waals surface area contributed by atoms with Crippen LogP contribution in [0.15, 0.2) is 30.3 Å². The van der Waals surface area contributed by atoms with E-state index >= 15 is 0 Å². The van der Waals surface area contributed by atoms with E-state index < -0.39 is 6.04 Å². The Hall–Kier alpha value is -1.84. The molecule has 0 aliphatic carbocycles. The summed E-state index contributed by atoms with van der Waals surface area (Å²) in [5, 5.41) is 2.87. The highest BCUT2D eigenvalue weighted by Crippen LogP contribution is 2.26. The van der Waals surface area contributed by atoms with E-state index in [4.69, 9.17) is 0 Å². The molecule has 1 aliphatic heterocycles. The Kier molecular flexibility index (Phi) is 4.12. The lowest BCUT2D eigenvalue weighted by atomic mass is 9.93. The second kappa shape index (κ2) is 5.65. The predicted octanol–water partition coefficient (Wildman–Crippen LogP) is 2.12. The Bertz CT molecular complexity index is 496. The van der Waals surface area contributed by atoms with Crippen molar-refractivity contribution < 1.29 is 9.59 Å². The molecule has 0 saturated carbocycles. The summed E-state index contributed by atoms with van der Waals surface area (Å²) in [5.41, 5.74) is 0.832. The molecule has 108 valence electrons. The summed E-state index contributed by atoms with van der Waals surface area (Å²) in [5.74, 6) is 0.00438. The van der Waals surface area contributed by atoms with E-state index in [0.717, 1.165) is 5.56 Å². The van der Waals surface area contributed by atoms with Gasteiger partial charge in [0.1, 0.15) is 12.1 Å². The Labute approximate surface area is 120 Å². The standard InChI is InChI=1S/C16H22N2O2/c1-10(2)14-15(19)17-13(12-8-6-5-7-9-12)16(20)18(14)11(3)4/h5-11,13-14H,1-4H3,(H,17,19). The van der Waals surface area contributed by atoms with Crippen molar-refractivity contribution in [3.8, 4) is 0 Å². The maximum atomic E-state index is 12.7. The zero-order valence-corrected chi connectivity index (χ0v) is 12.5. The highest BCUT2D eigenvalue weighted by Gasteiger charge is 2.43. The third kappa shape index (κ3) is 2.55. The van der Waals surface area contributed by atoms with Crippen LogP contribution in [0.5, 0.6) is 0 Å². The molecule has 0 bridgehead atoms. The van der Waals surface area contributed by atoms with Crippen molar-refractivity contribution in [2.75, 3.05) is 0 Å². The number of rotatable bonds is 3. The molecule has 1 aromatic rings. The molecule has 2 unspecified atom stereocenters. The first-order valence-electron chi connectivity index (χ1n) is 7.11. The van der Waals surface area contributed by atoms with Crippen molar-refractivity contribution in [2.45, 2.75) is 45.8 Å². The average molecular weight is 274 g/mol. The van der Waals surface area contributed by atoms with Gasteiger partial charge in [-0.05, 0) is 25.3 Å². The van der Waals surface area contributed by atoms with Crippen LogP contribution in [-0.4, -0.2) is 28.8 Å². The number of nitrogens with zero attached hydrogens (tertiary/aromatic N) is 1. The first-order valence-corrected chi connectivity index (χ1v) is 7.11. The highest BCUT2D eigenvalue weighted by atomic mass is 16.2. The molecule has 4 heteroatoms. The van der Waals surface area contributed by atoms with Crippen LogP contribution in [0.3, 0.4) is 0 Å². The van der Waals surface area contributed by atoms with Crippen LogP contribution < -0.4 is 5.32 Å². The zero-order chi connectivity index (χ0) is 14.9. The molecule has 1 aliphatic rings. The van der Waals surface area contributed by atoms with Crippen molar-refractivity contribution in [1.82, 2.24) is 10.2 Å². The van der Waals surface area contributed by atoms with Crippen LogP contribution in [0.4, 0.5) is 0 Å². The molecule has 0 spiro atoms. The average Bonchev–Trinajstić information content (AvgIpc) is 2.40. The molecule has 0 aromatic heterocycles. The van der Waals surface area contributed by atoms with Gasteiger partial charge in [-0.1, -0.05) is 44.2 Å². The van der Waals surface area contributed by atoms with Crippen molar-refractivity contribution >= 4 is 11.8 Å². The van der Waals surface area contributed by atoms with Gasteiger partial charge in [0.2, 0.25) is 5.91 Å². The number of benzene rings is 1. The molecule has 2 atom stereocenters. The molecule has 20 heavy (non-hydrogen) atoms. The van der Waals surface area contributed by atoms with Gasteiger partial charge in [0.15, 0.2) is 0 Å². The Morgan fingerprint density at radius 3 is 2.15 bits per heavy atom. The third-order valence-corrected chi connectivity index (χ3v) is 3.68. The monoisotopic (exact) mass is 274 g/mol. The quantitative estimate of drug-likeness (QED) is 0.918. The summed E-state index contributed by atoms with van der Waals surface area (Å²) in [4.78, 5) is 26.8. The van der Waals surface area contributed by atoms with Crippen LogP contribution in [0.25, 0.3) is 0 Å². The van der Waals surface area contributed by atoms with Crippen LogP contribution in [0.1, 0.15) is 39.3 Å². The van der Waals surface area contributed by atoms with Gasteiger partial charge in [-0.25, -0.2) is 0 Å². The smallest absolute Gasteiger partial charge is 0.250 e. The van der Waals surface area contributed by atoms with Crippen molar-refractivity contribution in [2.24, 2.45) is 5.92 Å². The second-order valence-electron chi connectivity index (χ2n) is 5.88. The lowest BCUT2D eigenvalue weighted by Crippen LogP contribution is -2.63. The molecule has 2 amide bonds. The van der Waals surface area contributed by atoms with Gasteiger partial charge in [0, 0.05) is 6.04 Å². The minimum atomic E-state index is -0.568. The fourth-order valence-corrected chi connectivity index (χ4v) is 2.77. The zero-order valence-electron chi connectivity index (χ0n) is 12.5. The minimum Gasteiger partial charge on any atom is -0.339 e. The van der Waals surface area contributed by atoms with E-state index in [1.807, 2.05) is 58.0 Å². The molecule has 4 nitrogen and oxygen atoms in total. The van der Waals surface area contributed by atoms with Crippen LogP contribution in [0.2, 0.25) is 0 Å². The number of amides is 2. The predicted molar refractivity (Wildman–Crippen MR) is 77.9 cm³/mol. The molecular formula is C16H22N2O2. The number of piperazine rings is 1. The van der Waals surface area contributed by atoms with Gasteiger partial charge in [-0.2, -0.15) is 0 Å². The van der Waals surface area contributed by atoms with Gasteiger partial charge in [-0.15, -0.1) is 0 Å². The first kappa shape index (κ1) is 14.6. The second-order valence-corrected chi connectivity index (χ2v) is 5.88. The molecule has 1 aromatic carbocycles. The van der Waals surface area contributed by atoms with Crippen molar-refractivity contribution in [1.29, 1.82) is 0 Å². The first-order chi connectivity index (χ1) is 9.43. The normalized spacial score (nSPS) is 23.4. The number of carbonyl (C=O) groups excluding carboxylic acids is 2. The van der Waals surface area contributed by atoms with Gasteiger partial charge in [0.25, 0.3) is 5.91 Å². The van der Waals surface area contributed by atoms with Gasteiger partial charge >= 0.3 is 0 Å². The molecule has 1 N–H and O–H groups in total. The van der Waals surface area contributed by atoms with E-state index in [1.165, 1.54) is 0 Å². The highest BCUT2D eigenvalue weighted by molar-refractivity contribution is 5.97. The van der Waals surface area contributed by atoms with Crippen molar-refractivity contribution in [3.63, 3.8) is 0 Å². The lowest BCUT2D eigenvalue weighted by Gasteiger charge is -2.43. The van der Waals surface area contributed by atoms with Gasteiger partial charge < -0.3 is 10.2 Å². The summed E-state index contributed by atoms with van der Waals surface area (Å²) in [7, 11) is 0.